The van der Waals surface area contributed by atoms with Gasteiger partial charge < -0.3 is 10.2 Å². The molecule has 3 heterocycles. The fourth-order valence-electron chi connectivity index (χ4n) is 4.84. The maximum Gasteiger partial charge on any atom is 0.217 e. The number of benzene rings is 2. The van der Waals surface area contributed by atoms with E-state index in [-0.39, 0.29) is 18.3 Å². The van der Waals surface area contributed by atoms with Crippen LogP contribution in [0.5, 0.6) is 0 Å². The fraction of sp³-hybridized carbons (Fsp3) is 0.310. The highest BCUT2D eigenvalue weighted by Gasteiger charge is 2.23. The van der Waals surface area contributed by atoms with Crippen molar-refractivity contribution in [1.29, 1.82) is 0 Å². The van der Waals surface area contributed by atoms with Crippen LogP contribution in [0.2, 0.25) is 0 Å². The number of anilines is 1. The normalized spacial score (nSPS) is 13.7. The van der Waals surface area contributed by atoms with Gasteiger partial charge in [-0.2, -0.15) is 5.10 Å². The molecule has 0 radical (unpaired) electrons. The Kier molecular flexibility index (Phi) is 8.76. The van der Waals surface area contributed by atoms with Crippen molar-refractivity contribution in [3.63, 3.8) is 0 Å². The van der Waals surface area contributed by atoms with Gasteiger partial charge >= 0.3 is 0 Å². The summed E-state index contributed by atoms with van der Waals surface area (Å²) in [5.41, 5.74) is 7.65. The van der Waals surface area contributed by atoms with Gasteiger partial charge in [-0.1, -0.05) is 42.5 Å². The summed E-state index contributed by atoms with van der Waals surface area (Å²) in [6, 6.07) is 18.5. The van der Waals surface area contributed by atoms with Crippen molar-refractivity contribution in [2.75, 3.05) is 31.1 Å². The second kappa shape index (κ2) is 12.2. The molecule has 38 heavy (non-hydrogen) atoms. The number of piperazine rings is 1. The molecule has 0 atom stereocenters. The van der Waals surface area contributed by atoms with Crippen molar-refractivity contribution in [3.8, 4) is 16.9 Å². The van der Waals surface area contributed by atoms with E-state index >= 15 is 0 Å². The van der Waals surface area contributed by atoms with Crippen LogP contribution in [-0.2, 0) is 17.9 Å². The molecule has 2 aromatic carbocycles. The molecule has 1 aliphatic rings. The van der Waals surface area contributed by atoms with Gasteiger partial charge in [0.05, 0.1) is 11.4 Å². The smallest absolute Gasteiger partial charge is 0.217 e. The number of carbonyl (C=O) groups is 1. The molecule has 5 rings (SSSR count). The molecule has 1 saturated heterocycles. The van der Waals surface area contributed by atoms with Gasteiger partial charge in [-0.15, -0.1) is 12.4 Å². The standard InChI is InChI=1S/C29H33N7O.ClH/c1-21-27(22(2)36(33-21)26-7-5-4-6-8-26)20-34-15-17-35(18-16-34)29-28(30-13-14-31-29)25-11-9-24(10-12-25)19-32-23(3)37;/h4-14H,15-20H2,1-3H3,(H,32,37);1H. The third kappa shape index (κ3) is 6.03. The van der Waals surface area contributed by atoms with Gasteiger partial charge in [0.2, 0.25) is 5.91 Å². The minimum atomic E-state index is -0.0326. The van der Waals surface area contributed by atoms with Crippen molar-refractivity contribution in [1.82, 2.24) is 30.0 Å². The van der Waals surface area contributed by atoms with Gasteiger partial charge in [-0.05, 0) is 31.5 Å². The second-order valence-electron chi connectivity index (χ2n) is 9.50. The number of para-hydroxylation sites is 1. The zero-order valence-corrected chi connectivity index (χ0v) is 22.9. The molecule has 1 N–H and O–H groups in total. The van der Waals surface area contributed by atoms with Crippen LogP contribution in [-0.4, -0.2) is 56.7 Å². The lowest BCUT2D eigenvalue weighted by Crippen LogP contribution is -2.46. The number of nitrogens with one attached hydrogen (secondary N) is 1. The zero-order chi connectivity index (χ0) is 25.8. The lowest BCUT2D eigenvalue weighted by atomic mass is 10.1. The monoisotopic (exact) mass is 531 g/mol. The highest BCUT2D eigenvalue weighted by atomic mass is 35.5. The molecule has 0 aliphatic carbocycles. The topological polar surface area (TPSA) is 79.2 Å². The summed E-state index contributed by atoms with van der Waals surface area (Å²) in [7, 11) is 0. The Morgan fingerprint density at radius 3 is 2.29 bits per heavy atom. The number of halogens is 1. The Balaban J connectivity index is 0.00000336. The highest BCUT2D eigenvalue weighted by Crippen LogP contribution is 2.28. The molecule has 198 valence electrons. The molecule has 2 aromatic heterocycles. The molecule has 0 saturated carbocycles. The van der Waals surface area contributed by atoms with Crippen molar-refractivity contribution < 1.29 is 4.79 Å². The summed E-state index contributed by atoms with van der Waals surface area (Å²) >= 11 is 0. The van der Waals surface area contributed by atoms with E-state index in [0.717, 1.165) is 66.7 Å². The first-order valence-electron chi connectivity index (χ1n) is 12.7. The summed E-state index contributed by atoms with van der Waals surface area (Å²) in [5, 5.41) is 7.66. The fourth-order valence-corrected chi connectivity index (χ4v) is 4.84. The summed E-state index contributed by atoms with van der Waals surface area (Å²) in [5.74, 6) is 0.885. The van der Waals surface area contributed by atoms with Gasteiger partial charge in [0, 0.05) is 75.4 Å². The van der Waals surface area contributed by atoms with Gasteiger partial charge in [-0.3, -0.25) is 14.7 Å². The highest BCUT2D eigenvalue weighted by molar-refractivity contribution is 5.85. The lowest BCUT2D eigenvalue weighted by Gasteiger charge is -2.36. The first-order valence-corrected chi connectivity index (χ1v) is 12.7. The lowest BCUT2D eigenvalue weighted by molar-refractivity contribution is -0.119. The molecule has 1 fully saturated rings. The van der Waals surface area contributed by atoms with Crippen molar-refractivity contribution in [2.45, 2.75) is 33.9 Å². The first-order chi connectivity index (χ1) is 18.0. The molecule has 1 amide bonds. The Morgan fingerprint density at radius 2 is 1.61 bits per heavy atom. The van der Waals surface area contributed by atoms with Crippen LogP contribution in [0, 0.1) is 13.8 Å². The molecule has 0 bridgehead atoms. The number of nitrogens with zero attached hydrogens (tertiary/aromatic N) is 6. The molecule has 0 spiro atoms. The molecular weight excluding hydrogens is 498 g/mol. The quantitative estimate of drug-likeness (QED) is 0.382. The average molecular weight is 532 g/mol. The summed E-state index contributed by atoms with van der Waals surface area (Å²) in [6.45, 7) is 10.9. The number of hydrogen-bond acceptors (Lipinski definition) is 6. The number of carbonyl (C=O) groups excluding carboxylic acids is 1. The minimum Gasteiger partial charge on any atom is -0.352 e. The summed E-state index contributed by atoms with van der Waals surface area (Å²) < 4.78 is 2.05. The van der Waals surface area contributed by atoms with Crippen LogP contribution in [0.3, 0.4) is 0 Å². The van der Waals surface area contributed by atoms with Crippen LogP contribution in [0.1, 0.15) is 29.4 Å². The number of aryl methyl sites for hydroxylation is 1. The van der Waals surface area contributed by atoms with E-state index in [1.54, 1.807) is 12.4 Å². The molecular formula is C29H34ClN7O. The van der Waals surface area contributed by atoms with E-state index < -0.39 is 0 Å². The Labute approximate surface area is 230 Å². The van der Waals surface area contributed by atoms with E-state index in [1.165, 1.54) is 18.2 Å². The molecule has 8 nitrogen and oxygen atoms in total. The number of aromatic nitrogens is 4. The van der Waals surface area contributed by atoms with Gasteiger partial charge in [-0.25, -0.2) is 9.67 Å². The number of hydrogen-bond donors (Lipinski definition) is 1. The van der Waals surface area contributed by atoms with E-state index in [4.69, 9.17) is 10.1 Å². The zero-order valence-electron chi connectivity index (χ0n) is 22.1. The van der Waals surface area contributed by atoms with Crippen molar-refractivity contribution in [2.24, 2.45) is 0 Å². The third-order valence-corrected chi connectivity index (χ3v) is 6.94. The number of amides is 1. The Bertz CT molecular complexity index is 1360. The Morgan fingerprint density at radius 1 is 0.921 bits per heavy atom. The molecule has 0 unspecified atom stereocenters. The van der Waals surface area contributed by atoms with Crippen molar-refractivity contribution in [3.05, 3.63) is 89.5 Å². The largest absolute Gasteiger partial charge is 0.352 e. The van der Waals surface area contributed by atoms with Gasteiger partial charge in [0.1, 0.15) is 5.69 Å². The van der Waals surface area contributed by atoms with Gasteiger partial charge in [0.25, 0.3) is 0 Å². The maximum absolute atomic E-state index is 11.2. The minimum absolute atomic E-state index is 0. The van der Waals surface area contributed by atoms with Crippen LogP contribution in [0.4, 0.5) is 5.82 Å². The summed E-state index contributed by atoms with van der Waals surface area (Å²) in [6.07, 6.45) is 3.51. The summed E-state index contributed by atoms with van der Waals surface area (Å²) in [4.78, 5) is 25.4. The third-order valence-electron chi connectivity index (χ3n) is 6.94. The average Bonchev–Trinajstić information content (AvgIpc) is 3.21. The van der Waals surface area contributed by atoms with E-state index in [1.807, 2.05) is 35.0 Å². The SMILES string of the molecule is CC(=O)NCc1ccc(-c2nccnc2N2CCN(Cc3c(C)nn(-c4ccccc4)c3C)CC2)cc1.Cl. The van der Waals surface area contributed by atoms with Crippen molar-refractivity contribution >= 4 is 24.1 Å². The van der Waals surface area contributed by atoms with Crippen LogP contribution in [0.15, 0.2) is 67.0 Å². The second-order valence-corrected chi connectivity index (χ2v) is 9.50. The van der Waals surface area contributed by atoms with E-state index in [9.17, 15) is 4.79 Å². The number of rotatable bonds is 7. The van der Waals surface area contributed by atoms with Crippen LogP contribution >= 0.6 is 12.4 Å². The van der Waals surface area contributed by atoms with Crippen LogP contribution < -0.4 is 10.2 Å². The van der Waals surface area contributed by atoms with E-state index in [2.05, 4.69) is 58.2 Å². The molecule has 4 aromatic rings. The Hall–Kier alpha value is -3.75. The van der Waals surface area contributed by atoms with Crippen LogP contribution in [0.25, 0.3) is 16.9 Å². The molecule has 1 aliphatic heterocycles. The van der Waals surface area contributed by atoms with Gasteiger partial charge in [0.15, 0.2) is 5.82 Å². The molecule has 9 heteroatoms. The predicted octanol–water partition coefficient (Wildman–Crippen LogP) is 4.33. The first kappa shape index (κ1) is 27.3. The predicted molar refractivity (Wildman–Crippen MR) is 153 cm³/mol. The maximum atomic E-state index is 11.2. The van der Waals surface area contributed by atoms with E-state index in [0.29, 0.717) is 6.54 Å².